The number of hydrogen-bond acceptors (Lipinski definition) is 4. The van der Waals surface area contributed by atoms with Crippen molar-refractivity contribution in [1.29, 1.82) is 0 Å². The Hall–Kier alpha value is -1.43. The largest absolute Gasteiger partial charge is 0.340 e. The van der Waals surface area contributed by atoms with Gasteiger partial charge in [-0.2, -0.15) is 0 Å². The standard InChI is InChI=1S/C14H21N3O2S/c1-4-14(5-2)13(19)17(10(3)12(18)16-14)7-6-11-8-20-9-15-11/h8-10H,4-7H2,1-3H3,(H,16,18). The first kappa shape index (κ1) is 15.0. The monoisotopic (exact) mass is 295 g/mol. The summed E-state index contributed by atoms with van der Waals surface area (Å²) < 4.78 is 0. The fourth-order valence-electron chi connectivity index (χ4n) is 2.61. The third kappa shape index (κ3) is 2.57. The van der Waals surface area contributed by atoms with Gasteiger partial charge in [0, 0.05) is 18.3 Å². The van der Waals surface area contributed by atoms with E-state index in [1.165, 1.54) is 0 Å². The Kier molecular flexibility index (Phi) is 4.42. The molecule has 20 heavy (non-hydrogen) atoms. The molecule has 1 saturated heterocycles. The van der Waals surface area contributed by atoms with E-state index in [0.717, 1.165) is 5.69 Å². The Bertz CT molecular complexity index is 483. The van der Waals surface area contributed by atoms with Crippen molar-refractivity contribution in [3.8, 4) is 0 Å². The highest BCUT2D eigenvalue weighted by atomic mass is 32.1. The first-order valence-corrected chi connectivity index (χ1v) is 7.98. The van der Waals surface area contributed by atoms with Crippen LogP contribution in [0.4, 0.5) is 0 Å². The summed E-state index contributed by atoms with van der Waals surface area (Å²) in [6, 6.07) is -0.410. The smallest absolute Gasteiger partial charge is 0.248 e. The van der Waals surface area contributed by atoms with Crippen LogP contribution in [-0.2, 0) is 16.0 Å². The van der Waals surface area contributed by atoms with E-state index in [9.17, 15) is 9.59 Å². The molecule has 5 nitrogen and oxygen atoms in total. The average molecular weight is 295 g/mol. The van der Waals surface area contributed by atoms with E-state index < -0.39 is 11.6 Å². The number of hydrogen-bond donors (Lipinski definition) is 1. The van der Waals surface area contributed by atoms with Crippen molar-refractivity contribution < 1.29 is 9.59 Å². The number of rotatable bonds is 5. The lowest BCUT2D eigenvalue weighted by atomic mass is 9.87. The first-order valence-electron chi connectivity index (χ1n) is 7.04. The summed E-state index contributed by atoms with van der Waals surface area (Å²) in [6.07, 6.45) is 1.93. The Balaban J connectivity index is 2.15. The van der Waals surface area contributed by atoms with Gasteiger partial charge in [-0.1, -0.05) is 13.8 Å². The normalized spacial score (nSPS) is 21.9. The van der Waals surface area contributed by atoms with Gasteiger partial charge in [-0.3, -0.25) is 9.59 Å². The van der Waals surface area contributed by atoms with Crippen LogP contribution < -0.4 is 5.32 Å². The van der Waals surface area contributed by atoms with Gasteiger partial charge in [0.1, 0.15) is 11.6 Å². The van der Waals surface area contributed by atoms with Gasteiger partial charge in [0.2, 0.25) is 11.8 Å². The van der Waals surface area contributed by atoms with Gasteiger partial charge in [0.15, 0.2) is 0 Å². The van der Waals surface area contributed by atoms with Gasteiger partial charge >= 0.3 is 0 Å². The maximum absolute atomic E-state index is 12.7. The lowest BCUT2D eigenvalue weighted by molar-refractivity contribution is -0.154. The lowest BCUT2D eigenvalue weighted by Crippen LogP contribution is -2.69. The van der Waals surface area contributed by atoms with Gasteiger partial charge in [0.05, 0.1) is 11.2 Å². The Morgan fingerprint density at radius 1 is 1.40 bits per heavy atom. The molecule has 0 aromatic carbocycles. The number of carbonyl (C=O) groups excluding carboxylic acids is 2. The van der Waals surface area contributed by atoms with Gasteiger partial charge in [-0.25, -0.2) is 4.98 Å². The van der Waals surface area contributed by atoms with E-state index in [0.29, 0.717) is 25.8 Å². The molecular weight excluding hydrogens is 274 g/mol. The molecule has 1 atom stereocenters. The van der Waals surface area contributed by atoms with Gasteiger partial charge < -0.3 is 10.2 Å². The van der Waals surface area contributed by atoms with Crippen molar-refractivity contribution in [3.63, 3.8) is 0 Å². The minimum absolute atomic E-state index is 0.0322. The zero-order valence-corrected chi connectivity index (χ0v) is 13.0. The molecule has 2 heterocycles. The predicted molar refractivity (Wildman–Crippen MR) is 78.4 cm³/mol. The van der Waals surface area contributed by atoms with Gasteiger partial charge in [-0.15, -0.1) is 11.3 Å². The third-order valence-electron chi connectivity index (χ3n) is 4.18. The molecule has 1 aromatic heterocycles. The van der Waals surface area contributed by atoms with Crippen LogP contribution in [0.25, 0.3) is 0 Å². The summed E-state index contributed by atoms with van der Waals surface area (Å²) in [7, 11) is 0. The molecule has 2 amide bonds. The van der Waals surface area contributed by atoms with Gasteiger partial charge in [0.25, 0.3) is 0 Å². The minimum atomic E-state index is -0.730. The van der Waals surface area contributed by atoms with Crippen LogP contribution in [0, 0.1) is 0 Å². The molecule has 1 aliphatic heterocycles. The van der Waals surface area contributed by atoms with Crippen molar-refractivity contribution >= 4 is 23.2 Å². The molecule has 1 unspecified atom stereocenters. The van der Waals surface area contributed by atoms with Crippen molar-refractivity contribution in [1.82, 2.24) is 15.2 Å². The lowest BCUT2D eigenvalue weighted by Gasteiger charge is -2.44. The topological polar surface area (TPSA) is 62.3 Å². The number of carbonyl (C=O) groups is 2. The van der Waals surface area contributed by atoms with E-state index in [1.54, 1.807) is 28.7 Å². The molecule has 0 bridgehead atoms. The van der Waals surface area contributed by atoms with Crippen molar-refractivity contribution in [2.75, 3.05) is 6.54 Å². The molecule has 6 heteroatoms. The molecule has 0 radical (unpaired) electrons. The summed E-state index contributed by atoms with van der Waals surface area (Å²) >= 11 is 1.54. The van der Waals surface area contributed by atoms with Crippen LogP contribution in [0.15, 0.2) is 10.9 Å². The van der Waals surface area contributed by atoms with Gasteiger partial charge in [-0.05, 0) is 19.8 Å². The summed E-state index contributed by atoms with van der Waals surface area (Å²) in [4.78, 5) is 30.8. The summed E-state index contributed by atoms with van der Waals surface area (Å²) in [5, 5.41) is 4.89. The van der Waals surface area contributed by atoms with E-state index in [1.807, 2.05) is 19.2 Å². The summed E-state index contributed by atoms with van der Waals surface area (Å²) in [5.41, 5.74) is 2.02. The zero-order valence-electron chi connectivity index (χ0n) is 12.2. The van der Waals surface area contributed by atoms with Crippen molar-refractivity contribution in [2.24, 2.45) is 0 Å². The quantitative estimate of drug-likeness (QED) is 0.897. The highest BCUT2D eigenvalue weighted by Gasteiger charge is 2.47. The minimum Gasteiger partial charge on any atom is -0.340 e. The Labute approximate surface area is 123 Å². The number of piperazine rings is 1. The molecule has 1 N–H and O–H groups in total. The van der Waals surface area contributed by atoms with Crippen LogP contribution in [-0.4, -0.2) is 39.8 Å². The molecule has 0 aliphatic carbocycles. The van der Waals surface area contributed by atoms with E-state index in [-0.39, 0.29) is 11.8 Å². The highest BCUT2D eigenvalue weighted by Crippen LogP contribution is 2.25. The molecule has 110 valence electrons. The van der Waals surface area contributed by atoms with Crippen LogP contribution in [0.1, 0.15) is 39.3 Å². The highest BCUT2D eigenvalue weighted by molar-refractivity contribution is 7.07. The number of nitrogens with zero attached hydrogens (tertiary/aromatic N) is 2. The molecule has 0 spiro atoms. The van der Waals surface area contributed by atoms with Crippen molar-refractivity contribution in [3.05, 3.63) is 16.6 Å². The second-order valence-electron chi connectivity index (χ2n) is 5.18. The first-order chi connectivity index (χ1) is 9.54. The van der Waals surface area contributed by atoms with Crippen LogP contribution in [0.2, 0.25) is 0 Å². The fraction of sp³-hybridized carbons (Fsp3) is 0.643. The maximum Gasteiger partial charge on any atom is 0.248 e. The zero-order chi connectivity index (χ0) is 14.8. The van der Waals surface area contributed by atoms with Crippen LogP contribution in [0.3, 0.4) is 0 Å². The fourth-order valence-corrected chi connectivity index (χ4v) is 3.20. The van der Waals surface area contributed by atoms with Crippen molar-refractivity contribution in [2.45, 2.75) is 51.6 Å². The Morgan fingerprint density at radius 2 is 2.10 bits per heavy atom. The van der Waals surface area contributed by atoms with E-state index >= 15 is 0 Å². The molecule has 1 fully saturated rings. The summed E-state index contributed by atoms with van der Waals surface area (Å²) in [5.74, 6) is -0.0311. The number of thiazole rings is 1. The summed E-state index contributed by atoms with van der Waals surface area (Å²) in [6.45, 7) is 6.20. The third-order valence-corrected chi connectivity index (χ3v) is 4.81. The molecular formula is C14H21N3O2S. The number of nitrogens with one attached hydrogen (secondary N) is 1. The molecule has 1 aromatic rings. The second kappa shape index (κ2) is 5.91. The predicted octanol–water partition coefficient (Wildman–Crippen LogP) is 1.59. The molecule has 2 rings (SSSR count). The SMILES string of the molecule is CCC1(CC)NC(=O)C(C)N(CCc2cscn2)C1=O. The number of aromatic nitrogens is 1. The van der Waals surface area contributed by atoms with Crippen LogP contribution >= 0.6 is 11.3 Å². The molecule has 1 aliphatic rings. The Morgan fingerprint density at radius 3 is 2.65 bits per heavy atom. The van der Waals surface area contributed by atoms with E-state index in [4.69, 9.17) is 0 Å². The maximum atomic E-state index is 12.7. The van der Waals surface area contributed by atoms with E-state index in [2.05, 4.69) is 10.3 Å². The van der Waals surface area contributed by atoms with Crippen LogP contribution in [0.5, 0.6) is 0 Å². The molecule has 0 saturated carbocycles. The second-order valence-corrected chi connectivity index (χ2v) is 5.90. The average Bonchev–Trinajstić information content (AvgIpc) is 2.96. The number of amides is 2.